The van der Waals surface area contributed by atoms with Gasteiger partial charge in [-0.05, 0) is 19.8 Å². The molecule has 0 aromatic rings. The van der Waals surface area contributed by atoms with Crippen LogP contribution in [-0.4, -0.2) is 24.5 Å². The van der Waals surface area contributed by atoms with Crippen molar-refractivity contribution in [1.29, 1.82) is 0 Å². The number of carbonyl (C=O) groups excluding carboxylic acids is 1. The van der Waals surface area contributed by atoms with Crippen molar-refractivity contribution in [3.63, 3.8) is 0 Å². The summed E-state index contributed by atoms with van der Waals surface area (Å²) >= 11 is 0. The third-order valence-corrected chi connectivity index (χ3v) is 3.04. The SMILES string of the molecule is CCCCCC(C)NCC1CCC(=O)N1. The molecule has 0 bridgehead atoms. The van der Waals surface area contributed by atoms with Gasteiger partial charge in [-0.2, -0.15) is 0 Å². The second kappa shape index (κ2) is 6.83. The van der Waals surface area contributed by atoms with E-state index in [0.29, 0.717) is 18.5 Å². The number of hydrogen-bond donors (Lipinski definition) is 2. The molecule has 1 amide bonds. The Bertz CT molecular complexity index is 194. The van der Waals surface area contributed by atoms with Crippen LogP contribution in [0.25, 0.3) is 0 Å². The van der Waals surface area contributed by atoms with Crippen molar-refractivity contribution in [2.24, 2.45) is 0 Å². The maximum Gasteiger partial charge on any atom is 0.220 e. The van der Waals surface area contributed by atoms with E-state index in [2.05, 4.69) is 24.5 Å². The molecule has 88 valence electrons. The summed E-state index contributed by atoms with van der Waals surface area (Å²) in [5.74, 6) is 0.209. The molecule has 1 heterocycles. The lowest BCUT2D eigenvalue weighted by atomic mass is 10.1. The lowest BCUT2D eigenvalue weighted by Crippen LogP contribution is -2.39. The molecule has 1 aliphatic rings. The van der Waals surface area contributed by atoms with Crippen LogP contribution >= 0.6 is 0 Å². The zero-order valence-electron chi connectivity index (χ0n) is 10.0. The van der Waals surface area contributed by atoms with E-state index in [1.165, 1.54) is 25.7 Å². The molecule has 0 radical (unpaired) electrons. The molecule has 0 aromatic heterocycles. The van der Waals surface area contributed by atoms with E-state index in [4.69, 9.17) is 0 Å². The molecule has 1 rings (SSSR count). The summed E-state index contributed by atoms with van der Waals surface area (Å²) in [7, 11) is 0. The molecule has 2 N–H and O–H groups in total. The first kappa shape index (κ1) is 12.5. The normalized spacial score (nSPS) is 22.8. The Morgan fingerprint density at radius 1 is 1.53 bits per heavy atom. The van der Waals surface area contributed by atoms with Crippen LogP contribution in [0.4, 0.5) is 0 Å². The zero-order chi connectivity index (χ0) is 11.1. The second-order valence-electron chi connectivity index (χ2n) is 4.61. The number of hydrogen-bond acceptors (Lipinski definition) is 2. The second-order valence-corrected chi connectivity index (χ2v) is 4.61. The summed E-state index contributed by atoms with van der Waals surface area (Å²) in [4.78, 5) is 11.0. The minimum Gasteiger partial charge on any atom is -0.352 e. The molecular weight excluding hydrogens is 188 g/mol. The van der Waals surface area contributed by atoms with Crippen LogP contribution in [-0.2, 0) is 4.79 Å². The fourth-order valence-electron chi connectivity index (χ4n) is 1.98. The molecule has 1 fully saturated rings. The van der Waals surface area contributed by atoms with Crippen molar-refractivity contribution in [3.8, 4) is 0 Å². The van der Waals surface area contributed by atoms with Crippen molar-refractivity contribution < 1.29 is 4.79 Å². The van der Waals surface area contributed by atoms with Crippen LogP contribution < -0.4 is 10.6 Å². The molecule has 0 spiro atoms. The quantitative estimate of drug-likeness (QED) is 0.632. The van der Waals surface area contributed by atoms with Gasteiger partial charge in [-0.3, -0.25) is 4.79 Å². The van der Waals surface area contributed by atoms with Crippen LogP contribution in [0, 0.1) is 0 Å². The van der Waals surface area contributed by atoms with E-state index < -0.39 is 0 Å². The van der Waals surface area contributed by atoms with E-state index in [1.54, 1.807) is 0 Å². The van der Waals surface area contributed by atoms with Gasteiger partial charge in [0.25, 0.3) is 0 Å². The molecule has 2 atom stereocenters. The standard InChI is InChI=1S/C12H24N2O/c1-3-4-5-6-10(2)13-9-11-7-8-12(15)14-11/h10-11,13H,3-9H2,1-2H3,(H,14,15). The summed E-state index contributed by atoms with van der Waals surface area (Å²) in [6.45, 7) is 5.39. The van der Waals surface area contributed by atoms with Gasteiger partial charge < -0.3 is 10.6 Å². The van der Waals surface area contributed by atoms with Crippen LogP contribution in [0.1, 0.15) is 52.4 Å². The van der Waals surface area contributed by atoms with Gasteiger partial charge in [-0.1, -0.05) is 26.2 Å². The van der Waals surface area contributed by atoms with Crippen molar-refractivity contribution in [3.05, 3.63) is 0 Å². The minimum absolute atomic E-state index is 0.209. The zero-order valence-corrected chi connectivity index (χ0v) is 10.0. The van der Waals surface area contributed by atoms with Crippen molar-refractivity contribution in [2.75, 3.05) is 6.54 Å². The average Bonchev–Trinajstić information content (AvgIpc) is 2.62. The largest absolute Gasteiger partial charge is 0.352 e. The van der Waals surface area contributed by atoms with Crippen molar-refractivity contribution in [1.82, 2.24) is 10.6 Å². The maximum atomic E-state index is 11.0. The van der Waals surface area contributed by atoms with Gasteiger partial charge in [-0.15, -0.1) is 0 Å². The molecule has 0 saturated carbocycles. The first-order chi connectivity index (χ1) is 7.22. The Morgan fingerprint density at radius 2 is 2.33 bits per heavy atom. The monoisotopic (exact) mass is 212 g/mol. The fourth-order valence-corrected chi connectivity index (χ4v) is 1.98. The molecule has 2 unspecified atom stereocenters. The third kappa shape index (κ3) is 5.17. The Hall–Kier alpha value is -0.570. The van der Waals surface area contributed by atoms with Crippen LogP contribution in [0.15, 0.2) is 0 Å². The molecule has 3 heteroatoms. The summed E-state index contributed by atoms with van der Waals surface area (Å²) in [5.41, 5.74) is 0. The molecule has 0 aliphatic carbocycles. The Kier molecular flexibility index (Phi) is 5.69. The van der Waals surface area contributed by atoms with Gasteiger partial charge in [-0.25, -0.2) is 0 Å². The fraction of sp³-hybridized carbons (Fsp3) is 0.917. The molecule has 15 heavy (non-hydrogen) atoms. The highest BCUT2D eigenvalue weighted by Gasteiger charge is 2.20. The minimum atomic E-state index is 0.209. The lowest BCUT2D eigenvalue weighted by molar-refractivity contribution is -0.119. The van der Waals surface area contributed by atoms with Crippen molar-refractivity contribution in [2.45, 2.75) is 64.5 Å². The molecule has 0 aromatic carbocycles. The topological polar surface area (TPSA) is 41.1 Å². The first-order valence-corrected chi connectivity index (χ1v) is 6.25. The Morgan fingerprint density at radius 3 is 2.93 bits per heavy atom. The van der Waals surface area contributed by atoms with Gasteiger partial charge in [0.1, 0.15) is 0 Å². The Balaban J connectivity index is 2.01. The smallest absolute Gasteiger partial charge is 0.220 e. The number of nitrogens with one attached hydrogen (secondary N) is 2. The summed E-state index contributed by atoms with van der Waals surface area (Å²) in [6, 6.07) is 0.945. The number of rotatable bonds is 7. The average molecular weight is 212 g/mol. The predicted molar refractivity (Wildman–Crippen MR) is 62.8 cm³/mol. The first-order valence-electron chi connectivity index (χ1n) is 6.25. The van der Waals surface area contributed by atoms with E-state index >= 15 is 0 Å². The van der Waals surface area contributed by atoms with Crippen LogP contribution in [0.3, 0.4) is 0 Å². The van der Waals surface area contributed by atoms with Gasteiger partial charge in [0.15, 0.2) is 0 Å². The highest BCUT2D eigenvalue weighted by Crippen LogP contribution is 2.07. The van der Waals surface area contributed by atoms with Gasteiger partial charge >= 0.3 is 0 Å². The number of carbonyl (C=O) groups is 1. The van der Waals surface area contributed by atoms with E-state index in [1.807, 2.05) is 0 Å². The maximum absolute atomic E-state index is 11.0. The van der Waals surface area contributed by atoms with Crippen LogP contribution in [0.2, 0.25) is 0 Å². The molecule has 3 nitrogen and oxygen atoms in total. The highest BCUT2D eigenvalue weighted by molar-refractivity contribution is 5.78. The van der Waals surface area contributed by atoms with Gasteiger partial charge in [0.05, 0.1) is 0 Å². The summed E-state index contributed by atoms with van der Waals surface area (Å²) < 4.78 is 0. The number of unbranched alkanes of at least 4 members (excludes halogenated alkanes) is 2. The van der Waals surface area contributed by atoms with Gasteiger partial charge in [0.2, 0.25) is 5.91 Å². The molecule has 1 aliphatic heterocycles. The number of amides is 1. The van der Waals surface area contributed by atoms with E-state index in [9.17, 15) is 4.79 Å². The van der Waals surface area contributed by atoms with E-state index in [0.717, 1.165) is 13.0 Å². The van der Waals surface area contributed by atoms with Gasteiger partial charge in [0, 0.05) is 25.0 Å². The third-order valence-electron chi connectivity index (χ3n) is 3.04. The summed E-state index contributed by atoms with van der Waals surface area (Å²) in [6.07, 6.45) is 6.86. The lowest BCUT2D eigenvalue weighted by Gasteiger charge is -2.17. The highest BCUT2D eigenvalue weighted by atomic mass is 16.1. The summed E-state index contributed by atoms with van der Waals surface area (Å²) in [5, 5.41) is 6.46. The van der Waals surface area contributed by atoms with Crippen LogP contribution in [0.5, 0.6) is 0 Å². The Labute approximate surface area is 93.0 Å². The van der Waals surface area contributed by atoms with E-state index in [-0.39, 0.29) is 5.91 Å². The molecular formula is C12H24N2O. The predicted octanol–water partition coefficient (Wildman–Crippen LogP) is 1.82. The molecule has 1 saturated heterocycles. The van der Waals surface area contributed by atoms with Crippen molar-refractivity contribution >= 4 is 5.91 Å².